The maximum absolute atomic E-state index is 12.7. The summed E-state index contributed by atoms with van der Waals surface area (Å²) in [4.78, 5) is 2.27. The molecule has 7 heteroatoms. The Kier molecular flexibility index (Phi) is 4.99. The molecule has 0 saturated carbocycles. The molecule has 1 saturated heterocycles. The van der Waals surface area contributed by atoms with Gasteiger partial charge in [-0.05, 0) is 37.6 Å². The first-order valence-corrected chi connectivity index (χ1v) is 7.91. The van der Waals surface area contributed by atoms with Gasteiger partial charge in [-0.1, -0.05) is 0 Å². The summed E-state index contributed by atoms with van der Waals surface area (Å²) in [5.41, 5.74) is 1.85. The van der Waals surface area contributed by atoms with Crippen molar-refractivity contribution in [3.05, 3.63) is 41.7 Å². The van der Waals surface area contributed by atoms with E-state index >= 15 is 0 Å². The average Bonchev–Trinajstić information content (AvgIpc) is 3.17. The molecule has 1 aliphatic rings. The lowest BCUT2D eigenvalue weighted by Gasteiger charge is -2.25. The number of nitrogens with zero attached hydrogens (tertiary/aromatic N) is 3. The molecule has 5 nitrogen and oxygen atoms in total. The summed E-state index contributed by atoms with van der Waals surface area (Å²) in [6.07, 6.45) is 5.96. The SMILES string of the molecule is COc1ccc(OC(F)F)c(CN2CCCC2c2cnn(C)c2)c1. The average molecular weight is 337 g/mol. The molecule has 1 unspecified atom stereocenters. The highest BCUT2D eigenvalue weighted by Crippen LogP contribution is 2.35. The highest BCUT2D eigenvalue weighted by Gasteiger charge is 2.28. The number of aryl methyl sites for hydroxylation is 1. The Morgan fingerprint density at radius 2 is 2.21 bits per heavy atom. The lowest BCUT2D eigenvalue weighted by molar-refractivity contribution is -0.0508. The molecule has 2 heterocycles. The van der Waals surface area contributed by atoms with Crippen LogP contribution in [0.15, 0.2) is 30.6 Å². The lowest BCUT2D eigenvalue weighted by Crippen LogP contribution is -2.23. The molecular weight excluding hydrogens is 316 g/mol. The van der Waals surface area contributed by atoms with E-state index in [9.17, 15) is 8.78 Å². The molecule has 3 rings (SSSR count). The molecule has 0 radical (unpaired) electrons. The van der Waals surface area contributed by atoms with Gasteiger partial charge in [0, 0.05) is 37.0 Å². The second-order valence-electron chi connectivity index (χ2n) is 5.93. The molecule has 130 valence electrons. The van der Waals surface area contributed by atoms with Crippen molar-refractivity contribution in [3.63, 3.8) is 0 Å². The molecule has 1 aliphatic heterocycles. The van der Waals surface area contributed by atoms with Crippen LogP contribution in [0.4, 0.5) is 8.78 Å². The fraction of sp³-hybridized carbons (Fsp3) is 0.471. The number of benzene rings is 1. The summed E-state index contributed by atoms with van der Waals surface area (Å²) in [5.74, 6) is 0.825. The molecule has 2 aromatic rings. The summed E-state index contributed by atoms with van der Waals surface area (Å²) in [5, 5.41) is 4.23. The minimum atomic E-state index is -2.84. The van der Waals surface area contributed by atoms with Gasteiger partial charge >= 0.3 is 6.61 Å². The van der Waals surface area contributed by atoms with E-state index in [-0.39, 0.29) is 11.8 Å². The third-order valence-corrected chi connectivity index (χ3v) is 4.33. The Hall–Kier alpha value is -2.15. The number of methoxy groups -OCH3 is 1. The number of hydrogen-bond donors (Lipinski definition) is 0. The van der Waals surface area contributed by atoms with Crippen molar-refractivity contribution in [1.82, 2.24) is 14.7 Å². The minimum absolute atomic E-state index is 0.197. The van der Waals surface area contributed by atoms with Gasteiger partial charge < -0.3 is 9.47 Å². The van der Waals surface area contributed by atoms with Gasteiger partial charge in [0.25, 0.3) is 0 Å². The number of rotatable bonds is 6. The van der Waals surface area contributed by atoms with Crippen LogP contribution < -0.4 is 9.47 Å². The van der Waals surface area contributed by atoms with E-state index in [1.165, 1.54) is 6.07 Å². The quantitative estimate of drug-likeness (QED) is 0.810. The first kappa shape index (κ1) is 16.7. The van der Waals surface area contributed by atoms with E-state index in [0.717, 1.165) is 24.9 Å². The van der Waals surface area contributed by atoms with Crippen LogP contribution in [0.5, 0.6) is 11.5 Å². The Labute approximate surface area is 139 Å². The van der Waals surface area contributed by atoms with Gasteiger partial charge in [0.05, 0.1) is 13.3 Å². The Morgan fingerprint density at radius 3 is 2.88 bits per heavy atom. The standard InChI is InChI=1S/C17H21F2N3O2/c1-21-10-13(9-20-21)15-4-3-7-22(15)11-12-8-14(23-2)5-6-16(12)24-17(18)19/h5-6,8-10,15,17H,3-4,7,11H2,1-2H3. The summed E-state index contributed by atoms with van der Waals surface area (Å²) < 4.78 is 37.0. The van der Waals surface area contributed by atoms with Crippen molar-refractivity contribution >= 4 is 0 Å². The number of alkyl halides is 2. The van der Waals surface area contributed by atoms with Crippen molar-refractivity contribution in [3.8, 4) is 11.5 Å². The van der Waals surface area contributed by atoms with Gasteiger partial charge in [-0.3, -0.25) is 9.58 Å². The molecule has 1 atom stereocenters. The second-order valence-corrected chi connectivity index (χ2v) is 5.93. The molecule has 1 fully saturated rings. The Bertz CT molecular complexity index is 690. The molecule has 0 N–H and O–H groups in total. The monoisotopic (exact) mass is 337 g/mol. The zero-order chi connectivity index (χ0) is 17.1. The van der Waals surface area contributed by atoms with E-state index in [1.54, 1.807) is 23.9 Å². The molecule has 1 aromatic heterocycles. The van der Waals surface area contributed by atoms with Gasteiger partial charge in [0.1, 0.15) is 11.5 Å². The van der Waals surface area contributed by atoms with E-state index in [0.29, 0.717) is 17.9 Å². The molecule has 0 bridgehead atoms. The maximum atomic E-state index is 12.7. The molecule has 1 aromatic carbocycles. The fourth-order valence-corrected chi connectivity index (χ4v) is 3.24. The fourth-order valence-electron chi connectivity index (χ4n) is 3.24. The van der Waals surface area contributed by atoms with Gasteiger partial charge in [0.2, 0.25) is 0 Å². The normalized spacial score (nSPS) is 18.3. The molecule has 0 amide bonds. The predicted molar refractivity (Wildman–Crippen MR) is 85.2 cm³/mol. The van der Waals surface area contributed by atoms with Crippen molar-refractivity contribution < 1.29 is 18.3 Å². The maximum Gasteiger partial charge on any atom is 0.387 e. The van der Waals surface area contributed by atoms with Crippen LogP contribution in [0, 0.1) is 0 Å². The number of likely N-dealkylation sites (tertiary alicyclic amines) is 1. The smallest absolute Gasteiger partial charge is 0.387 e. The summed E-state index contributed by atoms with van der Waals surface area (Å²) >= 11 is 0. The highest BCUT2D eigenvalue weighted by molar-refractivity contribution is 5.40. The van der Waals surface area contributed by atoms with Gasteiger partial charge in [-0.25, -0.2) is 0 Å². The highest BCUT2D eigenvalue weighted by atomic mass is 19.3. The Balaban J connectivity index is 1.83. The van der Waals surface area contributed by atoms with E-state index in [2.05, 4.69) is 14.7 Å². The summed E-state index contributed by atoms with van der Waals surface area (Å²) in [6, 6.07) is 5.17. The van der Waals surface area contributed by atoms with E-state index in [1.807, 2.05) is 19.4 Å². The first-order valence-electron chi connectivity index (χ1n) is 7.91. The summed E-state index contributed by atoms with van der Waals surface area (Å²) in [7, 11) is 3.44. The third kappa shape index (κ3) is 3.67. The van der Waals surface area contributed by atoms with Crippen LogP contribution in [0.25, 0.3) is 0 Å². The van der Waals surface area contributed by atoms with Crippen LogP contribution in [0.3, 0.4) is 0 Å². The second kappa shape index (κ2) is 7.17. The number of hydrogen-bond acceptors (Lipinski definition) is 4. The van der Waals surface area contributed by atoms with Crippen molar-refractivity contribution in [2.75, 3.05) is 13.7 Å². The number of aromatic nitrogens is 2. The minimum Gasteiger partial charge on any atom is -0.497 e. The van der Waals surface area contributed by atoms with Crippen LogP contribution in [-0.4, -0.2) is 34.9 Å². The topological polar surface area (TPSA) is 39.5 Å². The van der Waals surface area contributed by atoms with Crippen LogP contribution in [0.2, 0.25) is 0 Å². The lowest BCUT2D eigenvalue weighted by atomic mass is 10.1. The predicted octanol–water partition coefficient (Wildman–Crippen LogP) is 3.37. The van der Waals surface area contributed by atoms with Crippen LogP contribution in [-0.2, 0) is 13.6 Å². The van der Waals surface area contributed by atoms with Gasteiger partial charge in [0.15, 0.2) is 0 Å². The van der Waals surface area contributed by atoms with Gasteiger partial charge in [-0.15, -0.1) is 0 Å². The zero-order valence-electron chi connectivity index (χ0n) is 13.8. The molecular formula is C17H21F2N3O2. The molecule has 0 spiro atoms. The van der Waals surface area contributed by atoms with Crippen LogP contribution >= 0.6 is 0 Å². The van der Waals surface area contributed by atoms with Crippen molar-refractivity contribution in [1.29, 1.82) is 0 Å². The zero-order valence-corrected chi connectivity index (χ0v) is 13.8. The number of ether oxygens (including phenoxy) is 2. The third-order valence-electron chi connectivity index (χ3n) is 4.33. The van der Waals surface area contributed by atoms with Crippen molar-refractivity contribution in [2.24, 2.45) is 7.05 Å². The molecule has 0 aliphatic carbocycles. The van der Waals surface area contributed by atoms with Crippen molar-refractivity contribution in [2.45, 2.75) is 32.0 Å². The summed E-state index contributed by atoms with van der Waals surface area (Å²) in [6.45, 7) is -1.41. The Morgan fingerprint density at radius 1 is 1.38 bits per heavy atom. The van der Waals surface area contributed by atoms with Crippen LogP contribution in [0.1, 0.15) is 30.0 Å². The molecule has 24 heavy (non-hydrogen) atoms. The largest absolute Gasteiger partial charge is 0.497 e. The first-order chi connectivity index (χ1) is 11.6. The van der Waals surface area contributed by atoms with Gasteiger partial charge in [-0.2, -0.15) is 13.9 Å². The van der Waals surface area contributed by atoms with E-state index in [4.69, 9.17) is 4.74 Å². The van der Waals surface area contributed by atoms with E-state index < -0.39 is 6.61 Å². The number of halogens is 2.